The lowest BCUT2D eigenvalue weighted by Crippen LogP contribution is -1.97. The van der Waals surface area contributed by atoms with Gasteiger partial charge in [0.05, 0.1) is 17.0 Å². The van der Waals surface area contributed by atoms with Crippen molar-refractivity contribution in [3.63, 3.8) is 0 Å². The van der Waals surface area contributed by atoms with Gasteiger partial charge in [-0.3, -0.25) is 4.98 Å². The van der Waals surface area contributed by atoms with Crippen LogP contribution < -0.4 is 0 Å². The Labute approximate surface area is 292 Å². The lowest BCUT2D eigenvalue weighted by Gasteiger charge is -2.13. The molecular weight excluding hydrogens is 631 g/mol. The maximum Gasteiger partial charge on any atom is 0.164 e. The minimum Gasteiger partial charge on any atom is -0.455 e. The second-order valence-electron chi connectivity index (χ2n) is 12.4. The normalized spacial score (nSPS) is 11.6. The van der Waals surface area contributed by atoms with Crippen LogP contribution in [0.5, 0.6) is 0 Å². The molecule has 0 amide bonds. The van der Waals surface area contributed by atoms with Gasteiger partial charge < -0.3 is 4.42 Å². The number of nitrogens with zero attached hydrogens (tertiary/aromatic N) is 3. The number of pyridine rings is 1. The molecule has 0 atom stereocenters. The summed E-state index contributed by atoms with van der Waals surface area (Å²) in [6.45, 7) is 0. The van der Waals surface area contributed by atoms with Crippen LogP contribution in [0.25, 0.3) is 98.3 Å². The molecule has 0 saturated carbocycles. The summed E-state index contributed by atoms with van der Waals surface area (Å²) in [5.41, 5.74) is 10.6. The number of rotatable bonds is 5. The number of benzene rings is 6. The van der Waals surface area contributed by atoms with Gasteiger partial charge in [-0.25, -0.2) is 9.97 Å². The molecule has 0 aliphatic heterocycles. The predicted molar refractivity (Wildman–Crippen MR) is 207 cm³/mol. The fourth-order valence-corrected chi connectivity index (χ4v) is 8.18. The van der Waals surface area contributed by atoms with Gasteiger partial charge in [-0.15, -0.1) is 11.3 Å². The molecule has 0 aliphatic carbocycles. The van der Waals surface area contributed by atoms with Gasteiger partial charge in [0, 0.05) is 54.5 Å². The van der Waals surface area contributed by atoms with Gasteiger partial charge in [-0.1, -0.05) is 103 Å². The van der Waals surface area contributed by atoms with Crippen LogP contribution in [0.15, 0.2) is 168 Å². The first-order chi connectivity index (χ1) is 24.8. The Bertz CT molecular complexity index is 2870. The van der Waals surface area contributed by atoms with Crippen LogP contribution in [-0.2, 0) is 0 Å². The highest BCUT2D eigenvalue weighted by Crippen LogP contribution is 2.44. The van der Waals surface area contributed by atoms with Gasteiger partial charge in [-0.2, -0.15) is 0 Å². The number of hydrogen-bond acceptors (Lipinski definition) is 5. The first kappa shape index (κ1) is 28.6. The van der Waals surface area contributed by atoms with Crippen molar-refractivity contribution in [3.05, 3.63) is 164 Å². The van der Waals surface area contributed by atoms with E-state index >= 15 is 0 Å². The molecule has 0 N–H and O–H groups in total. The average Bonchev–Trinajstić information content (AvgIpc) is 3.77. The van der Waals surface area contributed by atoms with Gasteiger partial charge in [0.2, 0.25) is 0 Å². The zero-order chi connectivity index (χ0) is 33.0. The first-order valence-electron chi connectivity index (χ1n) is 16.6. The van der Waals surface area contributed by atoms with Crippen molar-refractivity contribution in [3.8, 4) is 56.2 Å². The Morgan fingerprint density at radius 1 is 0.440 bits per heavy atom. The van der Waals surface area contributed by atoms with E-state index in [2.05, 4.69) is 114 Å². The molecule has 6 aromatic carbocycles. The Morgan fingerprint density at radius 3 is 2.02 bits per heavy atom. The minimum absolute atomic E-state index is 0.612. The van der Waals surface area contributed by atoms with E-state index in [1.165, 1.54) is 20.2 Å². The van der Waals surface area contributed by atoms with E-state index in [9.17, 15) is 0 Å². The number of para-hydroxylation sites is 1. The van der Waals surface area contributed by atoms with Crippen LogP contribution in [0, 0.1) is 0 Å². The van der Waals surface area contributed by atoms with E-state index in [1.807, 2.05) is 66.2 Å². The highest BCUT2D eigenvalue weighted by Gasteiger charge is 2.21. The fraction of sp³-hybridized carbons (Fsp3) is 0. The maximum atomic E-state index is 6.74. The van der Waals surface area contributed by atoms with E-state index in [1.54, 1.807) is 0 Å². The number of thiophene rings is 1. The highest BCUT2D eigenvalue weighted by atomic mass is 32.1. The van der Waals surface area contributed by atoms with Crippen LogP contribution in [-0.4, -0.2) is 15.0 Å². The number of hydrogen-bond donors (Lipinski definition) is 0. The second kappa shape index (κ2) is 11.6. The molecule has 4 nitrogen and oxygen atoms in total. The third-order valence-electron chi connectivity index (χ3n) is 9.44. The van der Waals surface area contributed by atoms with Crippen molar-refractivity contribution >= 4 is 53.4 Å². The van der Waals surface area contributed by atoms with Crippen LogP contribution in [0.4, 0.5) is 0 Å². The molecule has 10 rings (SSSR count). The topological polar surface area (TPSA) is 51.8 Å². The SMILES string of the molecule is c1ccc(-c2cc(-c3ccccc3-c3ccncc3)nc(-c3ccc(-c4ccc5sc6ccccc6c5c4)c4c3oc3ccccc34)n2)cc1. The molecule has 4 aromatic heterocycles. The molecule has 0 aliphatic rings. The number of aromatic nitrogens is 3. The van der Waals surface area contributed by atoms with Crippen molar-refractivity contribution in [2.24, 2.45) is 0 Å². The Hall–Kier alpha value is -6.43. The molecule has 234 valence electrons. The Balaban J connectivity index is 1.23. The zero-order valence-corrected chi connectivity index (χ0v) is 27.6. The van der Waals surface area contributed by atoms with Crippen molar-refractivity contribution in [1.82, 2.24) is 15.0 Å². The molecule has 0 saturated heterocycles. The van der Waals surface area contributed by atoms with Crippen LogP contribution in [0.3, 0.4) is 0 Å². The standard InChI is InChI=1S/C45H27N3OS/c1-2-10-29(11-3-1)38-27-39(33-13-5-4-12-31(33)28-22-24-46-25-23-28)48-45(47-38)36-20-19-32(43-35-15-6-8-16-40(35)49-44(36)43)30-18-21-42-37(26-30)34-14-7-9-17-41(34)50-42/h1-27H. The van der Waals surface area contributed by atoms with E-state index in [-0.39, 0.29) is 0 Å². The van der Waals surface area contributed by atoms with Crippen molar-refractivity contribution < 1.29 is 4.42 Å². The number of fused-ring (bicyclic) bond motifs is 6. The predicted octanol–water partition coefficient (Wildman–Crippen LogP) is 12.5. The Morgan fingerprint density at radius 2 is 1.14 bits per heavy atom. The summed E-state index contributed by atoms with van der Waals surface area (Å²) in [6.07, 6.45) is 3.65. The van der Waals surface area contributed by atoms with E-state index < -0.39 is 0 Å². The van der Waals surface area contributed by atoms with Gasteiger partial charge in [-0.05, 0) is 70.8 Å². The van der Waals surface area contributed by atoms with E-state index in [0.29, 0.717) is 5.82 Å². The quantitative estimate of drug-likeness (QED) is 0.185. The minimum atomic E-state index is 0.612. The fourth-order valence-electron chi connectivity index (χ4n) is 7.09. The zero-order valence-electron chi connectivity index (χ0n) is 26.7. The van der Waals surface area contributed by atoms with Crippen molar-refractivity contribution in [1.29, 1.82) is 0 Å². The summed E-state index contributed by atoms with van der Waals surface area (Å²) in [7, 11) is 0. The molecular formula is C45H27N3OS. The molecule has 0 unspecified atom stereocenters. The summed E-state index contributed by atoms with van der Waals surface area (Å²) in [5.74, 6) is 0.612. The second-order valence-corrected chi connectivity index (χ2v) is 13.5. The summed E-state index contributed by atoms with van der Waals surface area (Å²) >= 11 is 1.83. The smallest absolute Gasteiger partial charge is 0.164 e. The molecule has 10 aromatic rings. The highest BCUT2D eigenvalue weighted by molar-refractivity contribution is 7.25. The number of furan rings is 1. The third kappa shape index (κ3) is 4.71. The molecule has 0 radical (unpaired) electrons. The van der Waals surface area contributed by atoms with Crippen molar-refractivity contribution in [2.75, 3.05) is 0 Å². The van der Waals surface area contributed by atoms with Gasteiger partial charge in [0.25, 0.3) is 0 Å². The average molecular weight is 658 g/mol. The molecule has 50 heavy (non-hydrogen) atoms. The first-order valence-corrected chi connectivity index (χ1v) is 17.4. The van der Waals surface area contributed by atoms with Crippen LogP contribution >= 0.6 is 11.3 Å². The lowest BCUT2D eigenvalue weighted by molar-refractivity contribution is 0.669. The van der Waals surface area contributed by atoms with Gasteiger partial charge in [0.15, 0.2) is 5.82 Å². The monoisotopic (exact) mass is 657 g/mol. The van der Waals surface area contributed by atoms with E-state index in [0.717, 1.165) is 72.3 Å². The molecule has 0 spiro atoms. The van der Waals surface area contributed by atoms with Gasteiger partial charge in [0.1, 0.15) is 11.2 Å². The van der Waals surface area contributed by atoms with Crippen molar-refractivity contribution in [2.45, 2.75) is 0 Å². The summed E-state index contributed by atoms with van der Waals surface area (Å²) in [6, 6.07) is 52.9. The third-order valence-corrected chi connectivity index (χ3v) is 10.6. The lowest BCUT2D eigenvalue weighted by atomic mass is 9.95. The molecule has 0 bridgehead atoms. The van der Waals surface area contributed by atoms with Gasteiger partial charge >= 0.3 is 0 Å². The van der Waals surface area contributed by atoms with E-state index in [4.69, 9.17) is 14.4 Å². The molecule has 5 heteroatoms. The summed E-state index contributed by atoms with van der Waals surface area (Å²) < 4.78 is 9.32. The largest absolute Gasteiger partial charge is 0.455 e. The van der Waals surface area contributed by atoms with Crippen LogP contribution in [0.1, 0.15) is 0 Å². The summed E-state index contributed by atoms with van der Waals surface area (Å²) in [4.78, 5) is 14.8. The Kier molecular flexibility index (Phi) is 6.64. The molecule has 0 fully saturated rings. The van der Waals surface area contributed by atoms with Crippen LogP contribution in [0.2, 0.25) is 0 Å². The summed E-state index contributed by atoms with van der Waals surface area (Å²) in [5, 5.41) is 4.68. The maximum absolute atomic E-state index is 6.74. The molecule has 4 heterocycles.